The Labute approximate surface area is 159 Å². The fraction of sp³-hybridized carbons (Fsp3) is 0.533. The first-order valence-electron chi connectivity index (χ1n) is 8.07. The van der Waals surface area contributed by atoms with E-state index in [9.17, 15) is 14.9 Å². The molecule has 1 aromatic rings. The topological polar surface area (TPSA) is 175 Å². The Balaban J connectivity index is 2.53. The summed E-state index contributed by atoms with van der Waals surface area (Å²) in [6.45, 7) is 3.19. The molecule has 1 rings (SSSR count). The van der Waals surface area contributed by atoms with E-state index in [-0.39, 0.29) is 24.3 Å². The number of benzene rings is 1. The van der Waals surface area contributed by atoms with Crippen molar-refractivity contribution in [2.24, 2.45) is 5.41 Å². The summed E-state index contributed by atoms with van der Waals surface area (Å²) >= 11 is 0. The lowest BCUT2D eigenvalue weighted by Crippen LogP contribution is -2.35. The quantitative estimate of drug-likeness (QED) is 0.226. The molecule has 0 fully saturated rings. The maximum absolute atomic E-state index is 12.0. The van der Waals surface area contributed by atoms with Crippen LogP contribution in [0.1, 0.15) is 37.0 Å². The van der Waals surface area contributed by atoms with Crippen LogP contribution in [0.3, 0.4) is 0 Å². The highest BCUT2D eigenvalue weighted by Gasteiger charge is 2.27. The van der Waals surface area contributed by atoms with Crippen LogP contribution >= 0.6 is 0 Å². The van der Waals surface area contributed by atoms with Gasteiger partial charge in [-0.05, 0) is 30.4 Å². The molecule has 0 amide bonds. The van der Waals surface area contributed by atoms with Crippen molar-refractivity contribution in [3.8, 4) is 0 Å². The number of non-ortho nitro benzene ring substituents is 1. The third-order valence-electron chi connectivity index (χ3n) is 3.73. The van der Waals surface area contributed by atoms with Gasteiger partial charge in [0.25, 0.3) is 5.69 Å². The van der Waals surface area contributed by atoms with Crippen LogP contribution in [0.4, 0.5) is 5.69 Å². The molecule has 0 saturated carbocycles. The van der Waals surface area contributed by atoms with Crippen molar-refractivity contribution in [2.45, 2.75) is 32.8 Å². The SMILES string of the molecule is CC(C)(CCOC(=O)c1ccc([N+](=O)[O-])cc1)CC(CON(O)O)ON(O)O. The molecule has 1 aromatic carbocycles. The van der Waals surface area contributed by atoms with Gasteiger partial charge in [-0.15, -0.1) is 0 Å². The molecule has 4 N–H and O–H groups in total. The molecule has 0 aliphatic heterocycles. The fourth-order valence-electron chi connectivity index (χ4n) is 2.35. The van der Waals surface area contributed by atoms with E-state index >= 15 is 0 Å². The first-order chi connectivity index (χ1) is 13.0. The lowest BCUT2D eigenvalue weighted by atomic mass is 9.84. The van der Waals surface area contributed by atoms with Gasteiger partial charge in [0.1, 0.15) is 12.7 Å². The highest BCUT2D eigenvalue weighted by Crippen LogP contribution is 2.28. The summed E-state index contributed by atoms with van der Waals surface area (Å²) in [5, 5.41) is 44.2. The Bertz CT molecular complexity index is 635. The fourth-order valence-corrected chi connectivity index (χ4v) is 2.35. The number of rotatable bonds is 12. The zero-order valence-corrected chi connectivity index (χ0v) is 15.3. The van der Waals surface area contributed by atoms with E-state index in [1.165, 1.54) is 24.3 Å². The monoisotopic (exact) mass is 405 g/mol. The van der Waals surface area contributed by atoms with E-state index in [4.69, 9.17) is 25.6 Å². The van der Waals surface area contributed by atoms with Crippen molar-refractivity contribution in [1.82, 2.24) is 10.8 Å². The number of carbonyl (C=O) groups excluding carboxylic acids is 1. The Morgan fingerprint density at radius 3 is 2.29 bits per heavy atom. The molecule has 0 aliphatic rings. The molecular formula is C15H23N3O10. The van der Waals surface area contributed by atoms with E-state index in [1.807, 2.05) is 0 Å². The first-order valence-corrected chi connectivity index (χ1v) is 8.07. The lowest BCUT2D eigenvalue weighted by molar-refractivity contribution is -0.528. The van der Waals surface area contributed by atoms with E-state index < -0.39 is 39.8 Å². The van der Waals surface area contributed by atoms with Crippen LogP contribution < -0.4 is 0 Å². The van der Waals surface area contributed by atoms with Gasteiger partial charge in [-0.25, -0.2) is 14.5 Å². The van der Waals surface area contributed by atoms with Crippen molar-refractivity contribution in [1.29, 1.82) is 0 Å². The Kier molecular flexibility index (Phi) is 9.30. The molecule has 1 unspecified atom stereocenters. The minimum Gasteiger partial charge on any atom is -0.462 e. The summed E-state index contributed by atoms with van der Waals surface area (Å²) in [5.41, 5.74) is -0.507. The van der Waals surface area contributed by atoms with Gasteiger partial charge in [0, 0.05) is 12.1 Å². The predicted molar refractivity (Wildman–Crippen MR) is 88.0 cm³/mol. The summed E-state index contributed by atoms with van der Waals surface area (Å²) < 4.78 is 5.15. The summed E-state index contributed by atoms with van der Waals surface area (Å²) in [4.78, 5) is 31.1. The van der Waals surface area contributed by atoms with Crippen molar-refractivity contribution in [2.75, 3.05) is 13.2 Å². The van der Waals surface area contributed by atoms with Crippen LogP contribution in [0.15, 0.2) is 24.3 Å². The summed E-state index contributed by atoms with van der Waals surface area (Å²) in [6.07, 6.45) is -0.435. The molecule has 1 atom stereocenters. The standard InChI is InChI=1S/C15H23N3O10/c1-15(2,9-13(28-18(24)25)10-27-17(22)23)7-8-26-14(19)11-3-5-12(6-4-11)16(20)21/h3-6,13,22-25H,7-10H2,1-2H3. The smallest absolute Gasteiger partial charge is 0.338 e. The summed E-state index contributed by atoms with van der Waals surface area (Å²) in [5.74, 6) is -0.644. The molecule has 0 radical (unpaired) electrons. The summed E-state index contributed by atoms with van der Waals surface area (Å²) in [6, 6.07) is 4.98. The van der Waals surface area contributed by atoms with Gasteiger partial charge < -0.3 is 4.74 Å². The number of hydrogen-bond donors (Lipinski definition) is 4. The molecule has 13 nitrogen and oxygen atoms in total. The second-order valence-electron chi connectivity index (χ2n) is 6.59. The van der Waals surface area contributed by atoms with Gasteiger partial charge in [-0.1, -0.05) is 13.8 Å². The van der Waals surface area contributed by atoms with Crippen LogP contribution in [0.25, 0.3) is 0 Å². The second-order valence-corrected chi connectivity index (χ2v) is 6.59. The number of nitro benzene ring substituents is 1. The molecule has 0 saturated heterocycles. The Hall–Kier alpha value is -2.23. The average Bonchev–Trinajstić information content (AvgIpc) is 2.58. The molecule has 158 valence electrons. The van der Waals surface area contributed by atoms with Crippen LogP contribution in [-0.2, 0) is 14.4 Å². The molecule has 0 aromatic heterocycles. The van der Waals surface area contributed by atoms with Crippen LogP contribution in [0, 0.1) is 15.5 Å². The van der Waals surface area contributed by atoms with E-state index in [0.29, 0.717) is 6.42 Å². The van der Waals surface area contributed by atoms with Gasteiger partial charge in [-0.3, -0.25) is 30.9 Å². The largest absolute Gasteiger partial charge is 0.462 e. The zero-order chi connectivity index (χ0) is 21.3. The summed E-state index contributed by atoms with van der Waals surface area (Å²) in [7, 11) is 0. The van der Waals surface area contributed by atoms with Crippen molar-refractivity contribution < 1.29 is 45.0 Å². The normalized spacial score (nSPS) is 13.0. The van der Waals surface area contributed by atoms with E-state index in [2.05, 4.69) is 9.68 Å². The van der Waals surface area contributed by atoms with Gasteiger partial charge in [0.15, 0.2) is 0 Å². The molecule has 0 heterocycles. The predicted octanol–water partition coefficient (Wildman–Crippen LogP) is 1.95. The van der Waals surface area contributed by atoms with Gasteiger partial charge >= 0.3 is 5.97 Å². The number of esters is 1. The number of nitrogens with zero attached hydrogens (tertiary/aromatic N) is 3. The number of ether oxygens (including phenoxy) is 1. The van der Waals surface area contributed by atoms with Gasteiger partial charge in [0.2, 0.25) is 0 Å². The molecule has 13 heteroatoms. The Morgan fingerprint density at radius 1 is 1.18 bits per heavy atom. The molecule has 28 heavy (non-hydrogen) atoms. The minimum atomic E-state index is -0.961. The van der Waals surface area contributed by atoms with E-state index in [0.717, 1.165) is 0 Å². The number of hydrogen-bond acceptors (Lipinski definition) is 12. The maximum atomic E-state index is 12.0. The molecule has 0 bridgehead atoms. The third-order valence-corrected chi connectivity index (χ3v) is 3.73. The van der Waals surface area contributed by atoms with Gasteiger partial charge in [-0.2, -0.15) is 0 Å². The maximum Gasteiger partial charge on any atom is 0.338 e. The number of carbonyl (C=O) groups is 1. The van der Waals surface area contributed by atoms with Crippen LogP contribution in [0.5, 0.6) is 0 Å². The molecule has 0 spiro atoms. The van der Waals surface area contributed by atoms with Crippen molar-refractivity contribution in [3.63, 3.8) is 0 Å². The average molecular weight is 405 g/mol. The van der Waals surface area contributed by atoms with Crippen LogP contribution in [-0.4, -0.2) is 61.8 Å². The second kappa shape index (κ2) is 10.9. The van der Waals surface area contributed by atoms with Gasteiger partial charge in [0.05, 0.1) is 27.9 Å². The lowest BCUT2D eigenvalue weighted by Gasteiger charge is -2.29. The zero-order valence-electron chi connectivity index (χ0n) is 15.3. The van der Waals surface area contributed by atoms with E-state index in [1.54, 1.807) is 13.8 Å². The third kappa shape index (κ3) is 9.12. The highest BCUT2D eigenvalue weighted by molar-refractivity contribution is 5.89. The number of nitro groups is 1. The van der Waals surface area contributed by atoms with Crippen molar-refractivity contribution >= 4 is 11.7 Å². The molecular weight excluding hydrogens is 382 g/mol. The first kappa shape index (κ1) is 23.8. The Morgan fingerprint density at radius 2 is 1.79 bits per heavy atom. The van der Waals surface area contributed by atoms with Crippen LogP contribution in [0.2, 0.25) is 0 Å². The highest BCUT2D eigenvalue weighted by atomic mass is 17.1. The van der Waals surface area contributed by atoms with Crippen molar-refractivity contribution in [3.05, 3.63) is 39.9 Å². The minimum absolute atomic E-state index is 0.0183. The molecule has 0 aliphatic carbocycles.